The molecule has 112 valence electrons. The molecule has 2 rings (SSSR count). The molecule has 2 aromatic rings. The van der Waals surface area contributed by atoms with E-state index in [9.17, 15) is 4.79 Å². The van der Waals surface area contributed by atoms with Crippen LogP contribution in [0.3, 0.4) is 0 Å². The van der Waals surface area contributed by atoms with Gasteiger partial charge in [-0.3, -0.25) is 9.48 Å². The fraction of sp³-hybridized carbons (Fsp3) is 0.286. The Balaban J connectivity index is 1.89. The van der Waals surface area contributed by atoms with Crippen LogP contribution in [0.1, 0.15) is 5.69 Å². The maximum absolute atomic E-state index is 12.1. The Morgan fingerprint density at radius 2 is 2.10 bits per heavy atom. The van der Waals surface area contributed by atoms with E-state index in [0.29, 0.717) is 17.3 Å². The number of carbonyl (C=O) groups is 1. The van der Waals surface area contributed by atoms with Crippen LogP contribution in [-0.2, 0) is 18.4 Å². The lowest BCUT2D eigenvalue weighted by Gasteiger charge is -2.18. The van der Waals surface area contributed by atoms with Crippen molar-refractivity contribution in [3.63, 3.8) is 0 Å². The number of aryl methyl sites for hydroxylation is 1. The molecule has 0 spiro atoms. The van der Waals surface area contributed by atoms with Gasteiger partial charge < -0.3 is 9.64 Å². The molecule has 0 N–H and O–H groups in total. The van der Waals surface area contributed by atoms with Gasteiger partial charge >= 0.3 is 0 Å². The van der Waals surface area contributed by atoms with Gasteiger partial charge in [-0.15, -0.1) is 0 Å². The number of carbonyl (C=O) groups excluding carboxylic acids is 1. The lowest BCUT2D eigenvalue weighted by atomic mass is 10.3. The summed E-state index contributed by atoms with van der Waals surface area (Å²) < 4.78 is 8.05. The van der Waals surface area contributed by atoms with Crippen molar-refractivity contribution in [3.05, 3.63) is 45.7 Å². The van der Waals surface area contributed by atoms with E-state index in [4.69, 9.17) is 16.3 Å². The van der Waals surface area contributed by atoms with E-state index in [1.165, 1.54) is 0 Å². The Morgan fingerprint density at radius 1 is 1.43 bits per heavy atom. The molecule has 0 radical (unpaired) electrons. The molecule has 5 nitrogen and oxygen atoms in total. The first kappa shape index (κ1) is 15.9. The molecule has 7 heteroatoms. The van der Waals surface area contributed by atoms with Gasteiger partial charge in [-0.05, 0) is 40.2 Å². The Bertz CT molecular complexity index is 608. The van der Waals surface area contributed by atoms with Crippen LogP contribution >= 0.6 is 27.5 Å². The number of aromatic nitrogens is 2. The number of hydrogen-bond donors (Lipinski definition) is 0. The average molecular weight is 373 g/mol. The highest BCUT2D eigenvalue weighted by Crippen LogP contribution is 2.17. The molecule has 0 bridgehead atoms. The molecule has 0 atom stereocenters. The molecule has 0 aliphatic carbocycles. The molecule has 0 saturated heterocycles. The van der Waals surface area contributed by atoms with Crippen molar-refractivity contribution in [2.45, 2.75) is 6.54 Å². The summed E-state index contributed by atoms with van der Waals surface area (Å²) in [5.41, 5.74) is 0.928. The third kappa shape index (κ3) is 4.22. The third-order valence-electron chi connectivity index (χ3n) is 3.00. The third-order valence-corrected chi connectivity index (χ3v) is 3.91. The molecule has 0 aliphatic rings. The normalized spacial score (nSPS) is 10.5. The smallest absolute Gasteiger partial charge is 0.260 e. The van der Waals surface area contributed by atoms with E-state index in [2.05, 4.69) is 21.0 Å². The molecule has 0 saturated carbocycles. The van der Waals surface area contributed by atoms with Crippen molar-refractivity contribution >= 4 is 33.4 Å². The summed E-state index contributed by atoms with van der Waals surface area (Å²) in [6, 6.07) is 6.90. The first-order valence-electron chi connectivity index (χ1n) is 6.26. The summed E-state index contributed by atoms with van der Waals surface area (Å²) >= 11 is 9.20. The van der Waals surface area contributed by atoms with Gasteiger partial charge in [-0.25, -0.2) is 0 Å². The van der Waals surface area contributed by atoms with Crippen molar-refractivity contribution in [1.29, 1.82) is 0 Å². The number of nitrogens with zero attached hydrogens (tertiary/aromatic N) is 3. The van der Waals surface area contributed by atoms with Crippen LogP contribution in [0.2, 0.25) is 5.02 Å². The zero-order valence-electron chi connectivity index (χ0n) is 11.7. The highest BCUT2D eigenvalue weighted by atomic mass is 79.9. The summed E-state index contributed by atoms with van der Waals surface area (Å²) in [6.45, 7) is 0.438. The molecular formula is C14H15BrClN3O2. The minimum Gasteiger partial charge on any atom is -0.484 e. The Hall–Kier alpha value is -1.53. The molecule has 0 fully saturated rings. The van der Waals surface area contributed by atoms with Gasteiger partial charge in [0.15, 0.2) is 6.61 Å². The van der Waals surface area contributed by atoms with Crippen LogP contribution in [0.15, 0.2) is 34.9 Å². The van der Waals surface area contributed by atoms with E-state index < -0.39 is 0 Å². The summed E-state index contributed by atoms with van der Waals surface area (Å²) in [5.74, 6) is 0.501. The van der Waals surface area contributed by atoms with Crippen LogP contribution in [0.25, 0.3) is 0 Å². The predicted octanol–water partition coefficient (Wildman–Crippen LogP) is 2.87. The molecular weight excluding hydrogens is 358 g/mol. The van der Waals surface area contributed by atoms with Gasteiger partial charge in [0.05, 0.1) is 22.9 Å². The maximum Gasteiger partial charge on any atom is 0.260 e. The standard InChI is InChI=1S/C14H15BrClN3O2/c1-18(8-13-12(15)7-17-19(13)2)14(20)9-21-11-5-3-10(16)4-6-11/h3-7H,8-9H2,1-2H3. The maximum atomic E-state index is 12.1. The Morgan fingerprint density at radius 3 is 2.67 bits per heavy atom. The highest BCUT2D eigenvalue weighted by Gasteiger charge is 2.14. The van der Waals surface area contributed by atoms with Crippen LogP contribution in [0.4, 0.5) is 0 Å². The fourth-order valence-electron chi connectivity index (χ4n) is 1.71. The van der Waals surface area contributed by atoms with Gasteiger partial charge in [0.2, 0.25) is 0 Å². The number of amides is 1. The molecule has 1 heterocycles. The minimum atomic E-state index is -0.113. The number of likely N-dealkylation sites (N-methyl/N-ethyl adjacent to an activating group) is 1. The van der Waals surface area contributed by atoms with E-state index >= 15 is 0 Å². The van der Waals surface area contributed by atoms with Crippen LogP contribution in [0, 0.1) is 0 Å². The van der Waals surface area contributed by atoms with Gasteiger partial charge in [0, 0.05) is 19.1 Å². The van der Waals surface area contributed by atoms with Gasteiger partial charge in [-0.2, -0.15) is 5.10 Å². The second-order valence-corrected chi connectivity index (χ2v) is 5.85. The van der Waals surface area contributed by atoms with Crippen LogP contribution in [0.5, 0.6) is 5.75 Å². The molecule has 1 aromatic carbocycles. The quantitative estimate of drug-likeness (QED) is 0.811. The van der Waals surface area contributed by atoms with E-state index in [1.807, 2.05) is 7.05 Å². The number of benzene rings is 1. The zero-order valence-corrected chi connectivity index (χ0v) is 14.1. The summed E-state index contributed by atoms with van der Waals surface area (Å²) in [5, 5.41) is 4.75. The van der Waals surface area contributed by atoms with Crippen molar-refractivity contribution < 1.29 is 9.53 Å². The first-order chi connectivity index (χ1) is 9.97. The summed E-state index contributed by atoms with van der Waals surface area (Å²) in [7, 11) is 3.57. The monoisotopic (exact) mass is 371 g/mol. The van der Waals surface area contributed by atoms with Crippen molar-refractivity contribution in [2.75, 3.05) is 13.7 Å². The Labute approximate surface area is 136 Å². The summed E-state index contributed by atoms with van der Waals surface area (Å²) in [6.07, 6.45) is 1.71. The molecule has 1 aromatic heterocycles. The number of ether oxygens (including phenoxy) is 1. The fourth-order valence-corrected chi connectivity index (χ4v) is 2.31. The number of rotatable bonds is 5. The largest absolute Gasteiger partial charge is 0.484 e. The van der Waals surface area contributed by atoms with Gasteiger partial charge in [0.25, 0.3) is 5.91 Å². The number of halogens is 2. The second kappa shape index (κ2) is 6.95. The van der Waals surface area contributed by atoms with Gasteiger partial charge in [-0.1, -0.05) is 11.6 Å². The topological polar surface area (TPSA) is 47.4 Å². The average Bonchev–Trinajstić information content (AvgIpc) is 2.78. The van der Waals surface area contributed by atoms with Gasteiger partial charge in [0.1, 0.15) is 5.75 Å². The highest BCUT2D eigenvalue weighted by molar-refractivity contribution is 9.10. The molecule has 21 heavy (non-hydrogen) atoms. The lowest BCUT2D eigenvalue weighted by molar-refractivity contribution is -0.132. The molecule has 0 unspecified atom stereocenters. The SMILES string of the molecule is CN(Cc1c(Br)cnn1C)C(=O)COc1ccc(Cl)cc1. The number of hydrogen-bond acceptors (Lipinski definition) is 3. The van der Waals surface area contributed by atoms with E-state index in [-0.39, 0.29) is 12.5 Å². The van der Waals surface area contributed by atoms with E-state index in [0.717, 1.165) is 10.2 Å². The molecule has 1 amide bonds. The summed E-state index contributed by atoms with van der Waals surface area (Å²) in [4.78, 5) is 13.7. The van der Waals surface area contributed by atoms with Crippen LogP contribution in [-0.4, -0.2) is 34.2 Å². The van der Waals surface area contributed by atoms with Crippen molar-refractivity contribution in [2.24, 2.45) is 7.05 Å². The predicted molar refractivity (Wildman–Crippen MR) is 84.3 cm³/mol. The first-order valence-corrected chi connectivity index (χ1v) is 7.43. The Kier molecular flexibility index (Phi) is 5.25. The zero-order chi connectivity index (χ0) is 15.4. The van der Waals surface area contributed by atoms with Crippen molar-refractivity contribution in [3.8, 4) is 5.75 Å². The minimum absolute atomic E-state index is 0.0202. The second-order valence-electron chi connectivity index (χ2n) is 4.56. The van der Waals surface area contributed by atoms with Crippen LogP contribution < -0.4 is 4.74 Å². The van der Waals surface area contributed by atoms with E-state index in [1.54, 1.807) is 47.1 Å². The molecule has 0 aliphatic heterocycles. The lowest BCUT2D eigenvalue weighted by Crippen LogP contribution is -2.31. The van der Waals surface area contributed by atoms with Crippen molar-refractivity contribution in [1.82, 2.24) is 14.7 Å².